The maximum Gasteiger partial charge on any atom is 0.226 e. The molecule has 2 aromatic carbocycles. The molecule has 10 heteroatoms. The topological polar surface area (TPSA) is 83.2 Å². The van der Waals surface area contributed by atoms with Gasteiger partial charge in [0.25, 0.3) is 0 Å². The summed E-state index contributed by atoms with van der Waals surface area (Å²) in [5.74, 6) is 0.564. The lowest BCUT2D eigenvalue weighted by Gasteiger charge is -2.40. The van der Waals surface area contributed by atoms with E-state index in [-0.39, 0.29) is 52.8 Å². The largest absolute Gasteiger partial charge is 0.379 e. The maximum absolute atomic E-state index is 17.1. The Hall–Kier alpha value is -3.22. The molecule has 6 atom stereocenters. The fraction of sp³-hybridized carbons (Fsp3) is 0.472. The summed E-state index contributed by atoms with van der Waals surface area (Å²) in [5.41, 5.74) is 4.63. The summed E-state index contributed by atoms with van der Waals surface area (Å²) in [6.45, 7) is 4.09. The number of amides is 1. The molecule has 4 bridgehead atoms. The Kier molecular flexibility index (Phi) is 6.70. The van der Waals surface area contributed by atoms with Crippen LogP contribution in [0.5, 0.6) is 0 Å². The number of rotatable bonds is 6. The van der Waals surface area contributed by atoms with E-state index in [4.69, 9.17) is 32.9 Å². The van der Waals surface area contributed by atoms with Gasteiger partial charge in [-0.1, -0.05) is 35.3 Å². The van der Waals surface area contributed by atoms with Gasteiger partial charge in [-0.15, -0.1) is 0 Å². The van der Waals surface area contributed by atoms with Crippen molar-refractivity contribution in [2.24, 2.45) is 17.8 Å². The number of nitrogens with zero attached hydrogens (tertiary/aromatic N) is 4. The Bertz CT molecular complexity index is 1990. The molecule has 7 nitrogen and oxygen atoms in total. The van der Waals surface area contributed by atoms with Gasteiger partial charge < -0.3 is 19.5 Å². The lowest BCUT2D eigenvalue weighted by molar-refractivity contribution is -0.136. The van der Waals surface area contributed by atoms with Gasteiger partial charge >= 0.3 is 0 Å². The van der Waals surface area contributed by atoms with Gasteiger partial charge in [0.15, 0.2) is 5.82 Å². The summed E-state index contributed by atoms with van der Waals surface area (Å²) in [5, 5.41) is 15.6. The molecular formula is C36H34Cl2FN5O2. The minimum Gasteiger partial charge on any atom is -0.379 e. The summed E-state index contributed by atoms with van der Waals surface area (Å²) in [6.07, 6.45) is 4.54. The van der Waals surface area contributed by atoms with E-state index in [2.05, 4.69) is 26.9 Å². The number of aromatic nitrogens is 2. The fourth-order valence-corrected chi connectivity index (χ4v) is 9.42. The molecule has 1 amide bonds. The van der Waals surface area contributed by atoms with Gasteiger partial charge in [0.05, 0.1) is 53.0 Å². The molecule has 6 fully saturated rings. The predicted molar refractivity (Wildman–Crippen MR) is 175 cm³/mol. The van der Waals surface area contributed by atoms with Crippen molar-refractivity contribution in [3.8, 4) is 17.2 Å². The molecule has 4 aliphatic heterocycles. The highest BCUT2D eigenvalue weighted by atomic mass is 35.5. The third-order valence-electron chi connectivity index (χ3n) is 11.3. The Balaban J connectivity index is 1.33. The smallest absolute Gasteiger partial charge is 0.226 e. The number of aryl methyl sites for hydroxylation is 2. The SMILES string of the molecule is Cc1nc2c(F)c(-c3cccc(Cl)c3Cl)c(CCC#N)cc2c2c1cc([C@H]1[C@@H]3COC[C@@H](C3)N1C(=O)C1CC1)n2[C@H]1[C@H]2CN[C@@H]1C2. The Labute approximate surface area is 276 Å². The van der Waals surface area contributed by atoms with Crippen LogP contribution in [0, 0.1) is 41.8 Å². The van der Waals surface area contributed by atoms with Crippen molar-refractivity contribution in [3.63, 3.8) is 0 Å². The van der Waals surface area contributed by atoms with Crippen LogP contribution >= 0.6 is 23.2 Å². The standard InChI is InChI=1S/C36H34Cl2FN5O2/c1-17-24-13-28(34-21-10-22(16-46-15-21)43(34)36(45)18-7-8-18)44(33-20-12-27(33)41-14-20)35(24)25-11-19(4-3-9-40)29(31(39)32(25)42-17)23-5-2-6-26(37)30(23)38/h2,5-6,11,13,18,20-22,27,33-34,41H,3-4,7-8,10,12,14-16H2,1H3/t20-,21+,22-,27-,33+,34-/m1/s1. The van der Waals surface area contributed by atoms with Gasteiger partial charge in [-0.2, -0.15) is 5.26 Å². The average Bonchev–Trinajstić information content (AvgIpc) is 3.34. The minimum absolute atomic E-state index is 0.0792. The number of ether oxygens (including phenoxy) is 1. The predicted octanol–water partition coefficient (Wildman–Crippen LogP) is 7.30. The molecule has 10 rings (SSSR count). The van der Waals surface area contributed by atoms with Gasteiger partial charge in [-0.25, -0.2) is 9.37 Å². The number of fused-ring (bicyclic) bond motifs is 6. The lowest BCUT2D eigenvalue weighted by Crippen LogP contribution is -2.43. The Morgan fingerprint density at radius 1 is 1.17 bits per heavy atom. The molecule has 2 aromatic heterocycles. The van der Waals surface area contributed by atoms with Crippen molar-refractivity contribution < 1.29 is 13.9 Å². The quantitative estimate of drug-likeness (QED) is 0.235. The van der Waals surface area contributed by atoms with E-state index in [1.807, 2.05) is 13.0 Å². The zero-order valence-electron chi connectivity index (χ0n) is 25.5. The molecule has 0 radical (unpaired) electrons. The van der Waals surface area contributed by atoms with Gasteiger partial charge in [0.2, 0.25) is 5.91 Å². The number of likely N-dealkylation sites (tertiary alicyclic amines) is 1. The van der Waals surface area contributed by atoms with E-state index in [0.29, 0.717) is 53.3 Å². The summed E-state index contributed by atoms with van der Waals surface area (Å²) in [4.78, 5) is 21.0. The first-order chi connectivity index (χ1) is 22.4. The van der Waals surface area contributed by atoms with Gasteiger partial charge in [-0.05, 0) is 68.7 Å². The average molecular weight is 659 g/mol. The molecule has 6 heterocycles. The van der Waals surface area contributed by atoms with E-state index in [1.54, 1.807) is 18.2 Å². The first-order valence-electron chi connectivity index (χ1n) is 16.5. The van der Waals surface area contributed by atoms with E-state index >= 15 is 4.39 Å². The molecule has 4 aromatic rings. The number of nitrogens with one attached hydrogen (secondary N) is 1. The van der Waals surface area contributed by atoms with Crippen molar-refractivity contribution >= 4 is 50.9 Å². The lowest BCUT2D eigenvalue weighted by atomic mass is 9.79. The molecule has 46 heavy (non-hydrogen) atoms. The van der Waals surface area contributed by atoms with Crippen LogP contribution in [0.3, 0.4) is 0 Å². The van der Waals surface area contributed by atoms with Crippen molar-refractivity contribution in [3.05, 3.63) is 63.1 Å². The van der Waals surface area contributed by atoms with Crippen LogP contribution in [-0.2, 0) is 16.0 Å². The number of hydrogen-bond donors (Lipinski definition) is 1. The third-order valence-corrected chi connectivity index (χ3v) is 12.1. The van der Waals surface area contributed by atoms with Crippen LogP contribution < -0.4 is 5.32 Å². The second kappa shape index (κ2) is 10.6. The molecule has 2 aliphatic carbocycles. The normalized spacial score (nSPS) is 28.2. The molecule has 6 aliphatic rings. The zero-order chi connectivity index (χ0) is 31.4. The first-order valence-corrected chi connectivity index (χ1v) is 17.2. The minimum atomic E-state index is -0.459. The number of nitriles is 1. The van der Waals surface area contributed by atoms with Crippen molar-refractivity contribution in [2.75, 3.05) is 19.8 Å². The van der Waals surface area contributed by atoms with Crippen LogP contribution in [0.25, 0.3) is 32.9 Å². The van der Waals surface area contributed by atoms with E-state index in [1.165, 1.54) is 0 Å². The molecule has 0 spiro atoms. The van der Waals surface area contributed by atoms with Crippen molar-refractivity contribution in [1.29, 1.82) is 5.26 Å². The fourth-order valence-electron chi connectivity index (χ4n) is 9.02. The summed E-state index contributed by atoms with van der Waals surface area (Å²) in [6, 6.07) is 12.2. The highest BCUT2D eigenvalue weighted by Crippen LogP contribution is 2.53. The maximum atomic E-state index is 17.1. The van der Waals surface area contributed by atoms with Crippen LogP contribution in [0.4, 0.5) is 4.39 Å². The van der Waals surface area contributed by atoms with E-state index in [0.717, 1.165) is 59.9 Å². The van der Waals surface area contributed by atoms with E-state index in [9.17, 15) is 10.1 Å². The molecule has 236 valence electrons. The molecule has 4 saturated heterocycles. The second-order valence-corrected chi connectivity index (χ2v) is 14.7. The Morgan fingerprint density at radius 3 is 2.76 bits per heavy atom. The van der Waals surface area contributed by atoms with Crippen LogP contribution in [-0.4, -0.2) is 52.2 Å². The van der Waals surface area contributed by atoms with Crippen molar-refractivity contribution in [1.82, 2.24) is 19.8 Å². The number of benzene rings is 2. The van der Waals surface area contributed by atoms with Crippen molar-refractivity contribution in [2.45, 2.75) is 69.6 Å². The molecule has 0 unspecified atom stereocenters. The Morgan fingerprint density at radius 2 is 2.02 bits per heavy atom. The van der Waals surface area contributed by atoms with Gasteiger partial charge in [-0.3, -0.25) is 4.79 Å². The third kappa shape index (κ3) is 4.14. The number of halogens is 3. The highest BCUT2D eigenvalue weighted by molar-refractivity contribution is 6.43. The summed E-state index contributed by atoms with van der Waals surface area (Å²) < 4.78 is 25.6. The number of pyridine rings is 1. The summed E-state index contributed by atoms with van der Waals surface area (Å²) in [7, 11) is 0. The highest BCUT2D eigenvalue weighted by Gasteiger charge is 2.54. The van der Waals surface area contributed by atoms with Crippen LogP contribution in [0.1, 0.15) is 61.1 Å². The zero-order valence-corrected chi connectivity index (χ0v) is 27.0. The second-order valence-electron chi connectivity index (χ2n) is 13.9. The first kappa shape index (κ1) is 29.0. The number of carbonyl (C=O) groups is 1. The van der Waals surface area contributed by atoms with Crippen LogP contribution in [0.2, 0.25) is 10.0 Å². The number of carbonyl (C=O) groups excluding carboxylic acids is 1. The summed E-state index contributed by atoms with van der Waals surface area (Å²) >= 11 is 13.1. The molecule has 1 N–H and O–H groups in total. The number of hydrogen-bond acceptors (Lipinski definition) is 5. The molecular weight excluding hydrogens is 624 g/mol. The van der Waals surface area contributed by atoms with E-state index < -0.39 is 5.82 Å². The molecule has 2 saturated carbocycles. The van der Waals surface area contributed by atoms with Gasteiger partial charge in [0, 0.05) is 64.1 Å². The van der Waals surface area contributed by atoms with Crippen LogP contribution in [0.15, 0.2) is 30.3 Å². The van der Waals surface area contributed by atoms with Gasteiger partial charge in [0.1, 0.15) is 5.52 Å². The monoisotopic (exact) mass is 657 g/mol.